The number of rotatable bonds is 8. The predicted molar refractivity (Wildman–Crippen MR) is 128 cm³/mol. The molecule has 0 saturated carbocycles. The second-order valence-corrected chi connectivity index (χ2v) is 8.80. The minimum absolute atomic E-state index is 0.0781. The van der Waals surface area contributed by atoms with Crippen molar-refractivity contribution in [1.29, 1.82) is 0 Å². The van der Waals surface area contributed by atoms with Gasteiger partial charge in [0.1, 0.15) is 5.75 Å². The van der Waals surface area contributed by atoms with Gasteiger partial charge in [0.25, 0.3) is 5.56 Å². The molecule has 3 N–H and O–H groups in total. The molecule has 1 atom stereocenters. The average molecular weight is 468 g/mol. The third-order valence-corrected chi connectivity index (χ3v) is 5.63. The molecule has 0 aliphatic heterocycles. The van der Waals surface area contributed by atoms with Gasteiger partial charge >= 0.3 is 0 Å². The summed E-state index contributed by atoms with van der Waals surface area (Å²) in [7, 11) is 1.57. The lowest BCUT2D eigenvalue weighted by Crippen LogP contribution is -2.24. The van der Waals surface area contributed by atoms with Crippen LogP contribution < -0.4 is 20.9 Å². The number of benzene rings is 2. The third kappa shape index (κ3) is 6.19. The molecule has 1 heterocycles. The molecular formula is C23H25N5O4S. The van der Waals surface area contributed by atoms with Crippen molar-refractivity contribution in [3.8, 4) is 17.0 Å². The van der Waals surface area contributed by atoms with E-state index in [9.17, 15) is 14.4 Å². The highest BCUT2D eigenvalue weighted by molar-refractivity contribution is 8.00. The maximum atomic E-state index is 12.7. The van der Waals surface area contributed by atoms with Crippen LogP contribution in [-0.4, -0.2) is 39.4 Å². The average Bonchev–Trinajstić information content (AvgIpc) is 2.80. The largest absolute Gasteiger partial charge is 0.497 e. The van der Waals surface area contributed by atoms with Gasteiger partial charge in [-0.3, -0.25) is 19.4 Å². The van der Waals surface area contributed by atoms with Crippen molar-refractivity contribution in [2.75, 3.05) is 17.7 Å². The molecule has 172 valence electrons. The summed E-state index contributed by atoms with van der Waals surface area (Å²) >= 11 is 1.08. The van der Waals surface area contributed by atoms with Crippen molar-refractivity contribution < 1.29 is 14.3 Å². The smallest absolute Gasteiger partial charge is 0.278 e. The lowest BCUT2D eigenvalue weighted by Gasteiger charge is -2.13. The molecule has 2 aromatic carbocycles. The van der Waals surface area contributed by atoms with Crippen LogP contribution in [0.5, 0.6) is 5.75 Å². The van der Waals surface area contributed by atoms with Gasteiger partial charge in [0.05, 0.1) is 18.0 Å². The Labute approximate surface area is 195 Å². The minimum atomic E-state index is -0.541. The van der Waals surface area contributed by atoms with Crippen LogP contribution in [0.4, 0.5) is 11.4 Å². The molecule has 33 heavy (non-hydrogen) atoms. The molecular weight excluding hydrogens is 442 g/mol. The Kier molecular flexibility index (Phi) is 7.83. The van der Waals surface area contributed by atoms with E-state index < -0.39 is 10.8 Å². The van der Waals surface area contributed by atoms with Crippen LogP contribution >= 0.6 is 11.8 Å². The zero-order valence-corrected chi connectivity index (χ0v) is 19.5. The lowest BCUT2D eigenvalue weighted by atomic mass is 10.1. The summed E-state index contributed by atoms with van der Waals surface area (Å²) in [6.45, 7) is 5.26. The highest BCUT2D eigenvalue weighted by Crippen LogP contribution is 2.25. The molecule has 0 fully saturated rings. The number of aromatic nitrogens is 3. The van der Waals surface area contributed by atoms with E-state index >= 15 is 0 Å². The fourth-order valence-corrected chi connectivity index (χ4v) is 3.51. The highest BCUT2D eigenvalue weighted by atomic mass is 32.2. The van der Waals surface area contributed by atoms with E-state index in [2.05, 4.69) is 25.8 Å². The maximum Gasteiger partial charge on any atom is 0.278 e. The summed E-state index contributed by atoms with van der Waals surface area (Å²) in [6, 6.07) is 13.9. The molecule has 1 aromatic heterocycles. The minimum Gasteiger partial charge on any atom is -0.497 e. The third-order valence-electron chi connectivity index (χ3n) is 4.66. The Morgan fingerprint density at radius 1 is 0.970 bits per heavy atom. The molecule has 0 unspecified atom stereocenters. The molecule has 2 amide bonds. The van der Waals surface area contributed by atoms with Crippen molar-refractivity contribution in [2.45, 2.75) is 31.2 Å². The van der Waals surface area contributed by atoms with Gasteiger partial charge in [0, 0.05) is 17.2 Å². The van der Waals surface area contributed by atoms with Gasteiger partial charge in [-0.1, -0.05) is 43.8 Å². The van der Waals surface area contributed by atoms with Crippen molar-refractivity contribution in [1.82, 2.24) is 15.2 Å². The summed E-state index contributed by atoms with van der Waals surface area (Å²) in [4.78, 5) is 40.0. The van der Waals surface area contributed by atoms with Gasteiger partial charge in [-0.2, -0.15) is 0 Å². The monoisotopic (exact) mass is 467 g/mol. The van der Waals surface area contributed by atoms with Gasteiger partial charge in [-0.05, 0) is 37.3 Å². The Hall–Kier alpha value is -3.66. The fraction of sp³-hybridized carbons (Fsp3) is 0.261. The van der Waals surface area contributed by atoms with Gasteiger partial charge < -0.3 is 15.4 Å². The number of anilines is 2. The molecule has 3 aromatic rings. The zero-order valence-electron chi connectivity index (χ0n) is 18.7. The first kappa shape index (κ1) is 24.0. The van der Waals surface area contributed by atoms with Gasteiger partial charge in [-0.15, -0.1) is 10.2 Å². The van der Waals surface area contributed by atoms with Gasteiger partial charge in [-0.25, -0.2) is 0 Å². The van der Waals surface area contributed by atoms with Crippen LogP contribution in [0.2, 0.25) is 0 Å². The van der Waals surface area contributed by atoms with Gasteiger partial charge in [0.2, 0.25) is 11.8 Å². The van der Waals surface area contributed by atoms with E-state index in [0.717, 1.165) is 11.8 Å². The van der Waals surface area contributed by atoms with Crippen molar-refractivity contribution in [2.24, 2.45) is 5.92 Å². The first-order valence-electron chi connectivity index (χ1n) is 10.3. The normalized spacial score (nSPS) is 11.7. The number of aromatic amines is 1. The van der Waals surface area contributed by atoms with Crippen LogP contribution in [0.15, 0.2) is 58.5 Å². The van der Waals surface area contributed by atoms with Crippen LogP contribution in [-0.2, 0) is 9.59 Å². The van der Waals surface area contributed by atoms with E-state index in [1.807, 2.05) is 0 Å². The summed E-state index contributed by atoms with van der Waals surface area (Å²) in [6.07, 6.45) is 0. The lowest BCUT2D eigenvalue weighted by molar-refractivity contribution is -0.119. The number of methoxy groups -OCH3 is 1. The standard InChI is InChI=1S/C23H25N5O4S/c1-13(2)20(29)25-18-8-6-5-7-17(18)19-22(31)26-23(28-27-19)33-14(3)21(30)24-15-9-11-16(32-4)12-10-15/h5-14H,1-4H3,(H,24,30)(H,25,29)(H,26,28,31)/t14-/m0/s1. The number of hydrogen-bond donors (Lipinski definition) is 3. The molecule has 0 aliphatic rings. The van der Waals surface area contributed by atoms with E-state index in [4.69, 9.17) is 4.74 Å². The van der Waals surface area contributed by atoms with E-state index in [1.165, 1.54) is 0 Å². The van der Waals surface area contributed by atoms with Crippen LogP contribution in [0.3, 0.4) is 0 Å². The van der Waals surface area contributed by atoms with E-state index in [1.54, 1.807) is 76.4 Å². The number of thioether (sulfide) groups is 1. The maximum absolute atomic E-state index is 12.7. The first-order chi connectivity index (χ1) is 15.8. The van der Waals surface area contributed by atoms with Gasteiger partial charge in [0.15, 0.2) is 10.9 Å². The number of nitrogens with zero attached hydrogens (tertiary/aromatic N) is 2. The van der Waals surface area contributed by atoms with Crippen LogP contribution in [0.1, 0.15) is 20.8 Å². The van der Waals surface area contributed by atoms with Crippen molar-refractivity contribution in [3.05, 3.63) is 58.9 Å². The number of H-pyrrole nitrogens is 1. The number of carbonyl (C=O) groups is 2. The Morgan fingerprint density at radius 2 is 1.67 bits per heavy atom. The molecule has 3 rings (SSSR count). The SMILES string of the molecule is COc1ccc(NC(=O)[C@H](C)Sc2nnc(-c3ccccc3NC(=O)C(C)C)c(=O)[nH]2)cc1. The second-order valence-electron chi connectivity index (χ2n) is 7.48. The molecule has 0 spiro atoms. The van der Waals surface area contributed by atoms with E-state index in [-0.39, 0.29) is 28.6 Å². The molecule has 0 saturated heterocycles. The number of nitrogens with one attached hydrogen (secondary N) is 3. The van der Waals surface area contributed by atoms with Crippen LogP contribution in [0.25, 0.3) is 11.3 Å². The van der Waals surface area contributed by atoms with Crippen LogP contribution in [0, 0.1) is 5.92 Å². The number of ether oxygens (including phenoxy) is 1. The molecule has 0 radical (unpaired) electrons. The topological polar surface area (TPSA) is 126 Å². The second kappa shape index (κ2) is 10.8. The Bertz CT molecular complexity index is 1190. The summed E-state index contributed by atoms with van der Waals surface area (Å²) < 4.78 is 5.10. The predicted octanol–water partition coefficient (Wildman–Crippen LogP) is 3.55. The number of carbonyl (C=O) groups excluding carboxylic acids is 2. The van der Waals surface area contributed by atoms with E-state index in [0.29, 0.717) is 22.7 Å². The van der Waals surface area contributed by atoms with Crippen molar-refractivity contribution in [3.63, 3.8) is 0 Å². The number of hydrogen-bond acceptors (Lipinski definition) is 7. The summed E-state index contributed by atoms with van der Waals surface area (Å²) in [5.41, 5.74) is 1.17. The zero-order chi connectivity index (χ0) is 24.0. The summed E-state index contributed by atoms with van der Waals surface area (Å²) in [5, 5.41) is 13.4. The Morgan fingerprint density at radius 3 is 2.30 bits per heavy atom. The molecule has 0 bridgehead atoms. The van der Waals surface area contributed by atoms with Crippen molar-refractivity contribution >= 4 is 35.0 Å². The summed E-state index contributed by atoms with van der Waals surface area (Å²) in [5.74, 6) is 0.0507. The fourth-order valence-electron chi connectivity index (χ4n) is 2.77. The quantitative estimate of drug-likeness (QED) is 0.433. The molecule has 0 aliphatic carbocycles. The number of para-hydroxylation sites is 1. The molecule has 9 nitrogen and oxygen atoms in total. The number of amides is 2. The highest BCUT2D eigenvalue weighted by Gasteiger charge is 2.19. The first-order valence-corrected chi connectivity index (χ1v) is 11.1. The molecule has 10 heteroatoms. The Balaban J connectivity index is 1.72.